The molecule has 0 aromatic heterocycles. The highest BCUT2D eigenvalue weighted by Crippen LogP contribution is 2.29. The van der Waals surface area contributed by atoms with E-state index < -0.39 is 5.92 Å². The molecule has 0 bridgehead atoms. The highest BCUT2D eigenvalue weighted by Gasteiger charge is 2.37. The number of fused-ring (bicyclic) bond motifs is 1. The molecule has 0 aliphatic heterocycles. The van der Waals surface area contributed by atoms with Crippen molar-refractivity contribution in [2.24, 2.45) is 5.92 Å². The average Bonchev–Trinajstić information content (AvgIpc) is 2.88. The lowest BCUT2D eigenvalue weighted by Gasteiger charge is -2.08. The van der Waals surface area contributed by atoms with E-state index in [4.69, 9.17) is 0 Å². The van der Waals surface area contributed by atoms with E-state index in [-0.39, 0.29) is 11.6 Å². The van der Waals surface area contributed by atoms with E-state index in [0.717, 1.165) is 16.7 Å². The Hall–Kier alpha value is -3.00. The molecule has 2 heteroatoms. The SMILES string of the molecule is O=C1c2ccccc2C(=O)C1Cc1ccc(-c2ccccc2)cc1. The van der Waals surface area contributed by atoms with Crippen LogP contribution in [0.1, 0.15) is 26.3 Å². The number of hydrogen-bond donors (Lipinski definition) is 0. The molecular formula is C22H16O2. The third-order valence-electron chi connectivity index (χ3n) is 4.59. The van der Waals surface area contributed by atoms with Crippen molar-refractivity contribution in [3.05, 3.63) is 95.6 Å². The Balaban J connectivity index is 1.57. The van der Waals surface area contributed by atoms with Crippen LogP contribution >= 0.6 is 0 Å². The van der Waals surface area contributed by atoms with Crippen molar-refractivity contribution in [2.75, 3.05) is 0 Å². The molecular weight excluding hydrogens is 296 g/mol. The van der Waals surface area contributed by atoms with Gasteiger partial charge < -0.3 is 0 Å². The van der Waals surface area contributed by atoms with Gasteiger partial charge in [-0.25, -0.2) is 0 Å². The zero-order valence-corrected chi connectivity index (χ0v) is 13.1. The average molecular weight is 312 g/mol. The van der Waals surface area contributed by atoms with Crippen molar-refractivity contribution < 1.29 is 9.59 Å². The molecule has 3 aromatic rings. The van der Waals surface area contributed by atoms with Gasteiger partial charge in [-0.1, -0.05) is 78.9 Å². The second kappa shape index (κ2) is 5.89. The number of hydrogen-bond acceptors (Lipinski definition) is 2. The van der Waals surface area contributed by atoms with Gasteiger partial charge >= 0.3 is 0 Å². The maximum absolute atomic E-state index is 12.5. The zero-order chi connectivity index (χ0) is 16.5. The number of carbonyl (C=O) groups excluding carboxylic acids is 2. The minimum absolute atomic E-state index is 0.0530. The maximum Gasteiger partial charge on any atom is 0.174 e. The van der Waals surface area contributed by atoms with Crippen LogP contribution in [0.4, 0.5) is 0 Å². The molecule has 0 spiro atoms. The Labute approximate surface area is 140 Å². The Kier molecular flexibility index (Phi) is 3.58. The molecule has 0 amide bonds. The first kappa shape index (κ1) is 14.6. The summed E-state index contributed by atoms with van der Waals surface area (Å²) in [6.45, 7) is 0. The summed E-state index contributed by atoms with van der Waals surface area (Å²) in [4.78, 5) is 25.0. The van der Waals surface area contributed by atoms with Gasteiger partial charge in [0.1, 0.15) is 0 Å². The van der Waals surface area contributed by atoms with Crippen LogP contribution in [-0.4, -0.2) is 11.6 Å². The van der Waals surface area contributed by atoms with Crippen LogP contribution in [-0.2, 0) is 6.42 Å². The van der Waals surface area contributed by atoms with Crippen molar-refractivity contribution in [2.45, 2.75) is 6.42 Å². The summed E-state index contributed by atoms with van der Waals surface area (Å²) in [6.07, 6.45) is 0.460. The third kappa shape index (κ3) is 2.46. The predicted molar refractivity (Wildman–Crippen MR) is 94.2 cm³/mol. The third-order valence-corrected chi connectivity index (χ3v) is 4.59. The minimum Gasteiger partial charge on any atom is -0.293 e. The molecule has 0 saturated carbocycles. The number of benzene rings is 3. The molecule has 0 fully saturated rings. The standard InChI is InChI=1S/C22H16O2/c23-21-18-8-4-5-9-19(18)22(24)20(21)14-15-10-12-17(13-11-15)16-6-2-1-3-7-16/h1-13,20H,14H2. The summed E-state index contributed by atoms with van der Waals surface area (Å²) in [7, 11) is 0. The van der Waals surface area contributed by atoms with E-state index in [1.807, 2.05) is 42.5 Å². The van der Waals surface area contributed by atoms with Crippen LogP contribution in [0.25, 0.3) is 11.1 Å². The Bertz CT molecular complexity index is 873. The van der Waals surface area contributed by atoms with E-state index in [1.54, 1.807) is 24.3 Å². The molecule has 1 aliphatic carbocycles. The normalized spacial score (nSPS) is 14.0. The lowest BCUT2D eigenvalue weighted by atomic mass is 9.93. The van der Waals surface area contributed by atoms with E-state index in [1.165, 1.54) is 0 Å². The number of rotatable bonds is 3. The van der Waals surface area contributed by atoms with Crippen molar-refractivity contribution >= 4 is 11.6 Å². The van der Waals surface area contributed by atoms with Gasteiger partial charge in [0.05, 0.1) is 5.92 Å². The summed E-state index contributed by atoms with van der Waals surface area (Å²) >= 11 is 0. The van der Waals surface area contributed by atoms with E-state index >= 15 is 0 Å². The van der Waals surface area contributed by atoms with Gasteiger partial charge in [-0.2, -0.15) is 0 Å². The van der Waals surface area contributed by atoms with Gasteiger partial charge in [0.25, 0.3) is 0 Å². The quantitative estimate of drug-likeness (QED) is 0.663. The Morgan fingerprint density at radius 3 is 1.67 bits per heavy atom. The molecule has 0 N–H and O–H groups in total. The van der Waals surface area contributed by atoms with Crippen LogP contribution in [0, 0.1) is 5.92 Å². The second-order valence-electron chi connectivity index (χ2n) is 6.09. The van der Waals surface area contributed by atoms with Crippen molar-refractivity contribution in [3.8, 4) is 11.1 Å². The summed E-state index contributed by atoms with van der Waals surface area (Å²) < 4.78 is 0. The molecule has 4 rings (SSSR count). The minimum atomic E-state index is -0.579. The predicted octanol–water partition coefficient (Wildman–Crippen LogP) is 4.59. The van der Waals surface area contributed by atoms with Crippen LogP contribution in [0.5, 0.6) is 0 Å². The van der Waals surface area contributed by atoms with Crippen molar-refractivity contribution in [1.82, 2.24) is 0 Å². The highest BCUT2D eigenvalue weighted by atomic mass is 16.2. The fraction of sp³-hybridized carbons (Fsp3) is 0.0909. The van der Waals surface area contributed by atoms with E-state index in [9.17, 15) is 9.59 Å². The molecule has 2 nitrogen and oxygen atoms in total. The van der Waals surface area contributed by atoms with Gasteiger partial charge in [-0.3, -0.25) is 9.59 Å². The molecule has 0 atom stereocenters. The Morgan fingerprint density at radius 2 is 1.08 bits per heavy atom. The van der Waals surface area contributed by atoms with E-state index in [2.05, 4.69) is 12.1 Å². The summed E-state index contributed by atoms with van der Waals surface area (Å²) in [5, 5.41) is 0. The van der Waals surface area contributed by atoms with Crippen molar-refractivity contribution in [1.29, 1.82) is 0 Å². The number of ketones is 2. The van der Waals surface area contributed by atoms with Gasteiger partial charge in [0.2, 0.25) is 0 Å². The van der Waals surface area contributed by atoms with Gasteiger partial charge in [0, 0.05) is 11.1 Å². The number of Topliss-reactive ketones (excluding diaryl/α,β-unsaturated/α-hetero) is 2. The van der Waals surface area contributed by atoms with Crippen LogP contribution < -0.4 is 0 Å². The maximum atomic E-state index is 12.5. The molecule has 3 aromatic carbocycles. The molecule has 116 valence electrons. The van der Waals surface area contributed by atoms with Crippen LogP contribution in [0.2, 0.25) is 0 Å². The molecule has 24 heavy (non-hydrogen) atoms. The monoisotopic (exact) mass is 312 g/mol. The molecule has 0 radical (unpaired) electrons. The largest absolute Gasteiger partial charge is 0.293 e. The summed E-state index contributed by atoms with van der Waals surface area (Å²) in [5.41, 5.74) is 4.42. The van der Waals surface area contributed by atoms with Gasteiger partial charge in [-0.15, -0.1) is 0 Å². The molecule has 0 heterocycles. The smallest absolute Gasteiger partial charge is 0.174 e. The van der Waals surface area contributed by atoms with Crippen molar-refractivity contribution in [3.63, 3.8) is 0 Å². The van der Waals surface area contributed by atoms with Gasteiger partial charge in [-0.05, 0) is 23.1 Å². The highest BCUT2D eigenvalue weighted by molar-refractivity contribution is 6.26. The van der Waals surface area contributed by atoms with Gasteiger partial charge in [0.15, 0.2) is 11.6 Å². The Morgan fingerprint density at radius 1 is 0.583 bits per heavy atom. The lowest BCUT2D eigenvalue weighted by Crippen LogP contribution is -2.17. The zero-order valence-electron chi connectivity index (χ0n) is 13.1. The fourth-order valence-corrected chi connectivity index (χ4v) is 3.29. The summed E-state index contributed by atoms with van der Waals surface area (Å²) in [6, 6.07) is 25.3. The first-order valence-corrected chi connectivity index (χ1v) is 8.06. The topological polar surface area (TPSA) is 34.1 Å². The second-order valence-corrected chi connectivity index (χ2v) is 6.09. The van der Waals surface area contributed by atoms with Crippen LogP contribution in [0.3, 0.4) is 0 Å². The van der Waals surface area contributed by atoms with E-state index in [0.29, 0.717) is 17.5 Å². The molecule has 0 unspecified atom stereocenters. The lowest BCUT2D eigenvalue weighted by molar-refractivity contribution is 0.0838. The molecule has 1 aliphatic rings. The van der Waals surface area contributed by atoms with Crippen LogP contribution in [0.15, 0.2) is 78.9 Å². The fourth-order valence-electron chi connectivity index (χ4n) is 3.29. The first-order chi connectivity index (χ1) is 11.7. The summed E-state index contributed by atoms with van der Waals surface area (Å²) in [5.74, 6) is -0.685. The number of carbonyl (C=O) groups is 2. The first-order valence-electron chi connectivity index (χ1n) is 8.06. The molecule has 0 saturated heterocycles.